The summed E-state index contributed by atoms with van der Waals surface area (Å²) in [5, 5.41) is 11.0. The summed E-state index contributed by atoms with van der Waals surface area (Å²) in [6.45, 7) is 1.77. The second-order valence-electron chi connectivity index (χ2n) is 3.15. The van der Waals surface area contributed by atoms with Gasteiger partial charge in [0, 0.05) is 12.4 Å². The van der Waals surface area contributed by atoms with Crippen LogP contribution in [0.15, 0.2) is 24.5 Å². The molecule has 0 aromatic carbocycles. The molecule has 0 spiro atoms. The number of hydrogen-bond donors (Lipinski definition) is 2. The Morgan fingerprint density at radius 3 is 2.87 bits per heavy atom. The van der Waals surface area contributed by atoms with Crippen molar-refractivity contribution in [2.75, 3.05) is 0 Å². The van der Waals surface area contributed by atoms with Crippen molar-refractivity contribution >= 4 is 11.9 Å². The molecule has 0 saturated carbocycles. The SMILES string of the molecule is CC(NC(=O)CC(=O)O)c1cccnc1. The first-order valence-corrected chi connectivity index (χ1v) is 4.50. The van der Waals surface area contributed by atoms with E-state index >= 15 is 0 Å². The number of amides is 1. The van der Waals surface area contributed by atoms with Gasteiger partial charge in [0.1, 0.15) is 6.42 Å². The molecule has 5 heteroatoms. The molecule has 1 amide bonds. The molecular weight excluding hydrogens is 196 g/mol. The predicted octanol–water partition coefficient (Wildman–Crippen LogP) is 0.734. The molecule has 1 aromatic heterocycles. The number of carboxylic acid groups (broad SMARTS) is 1. The van der Waals surface area contributed by atoms with Crippen molar-refractivity contribution in [3.8, 4) is 0 Å². The normalized spacial score (nSPS) is 11.8. The Hall–Kier alpha value is -1.91. The molecule has 0 aliphatic rings. The summed E-state index contributed by atoms with van der Waals surface area (Å²) in [6.07, 6.45) is 2.76. The van der Waals surface area contributed by atoms with Crippen LogP contribution in [0.4, 0.5) is 0 Å². The van der Waals surface area contributed by atoms with Crippen molar-refractivity contribution in [1.82, 2.24) is 10.3 Å². The number of hydrogen-bond acceptors (Lipinski definition) is 3. The molecule has 0 radical (unpaired) electrons. The maximum atomic E-state index is 11.1. The van der Waals surface area contributed by atoms with Crippen LogP contribution in [-0.2, 0) is 9.59 Å². The van der Waals surface area contributed by atoms with Crippen LogP contribution in [0.1, 0.15) is 24.9 Å². The summed E-state index contributed by atoms with van der Waals surface area (Å²) >= 11 is 0. The van der Waals surface area contributed by atoms with Crippen LogP contribution in [-0.4, -0.2) is 22.0 Å². The predicted molar refractivity (Wildman–Crippen MR) is 53.0 cm³/mol. The van der Waals surface area contributed by atoms with Gasteiger partial charge in [0.2, 0.25) is 5.91 Å². The minimum absolute atomic E-state index is 0.231. The molecule has 15 heavy (non-hydrogen) atoms. The van der Waals surface area contributed by atoms with Gasteiger partial charge in [0.15, 0.2) is 0 Å². The number of carbonyl (C=O) groups excluding carboxylic acids is 1. The smallest absolute Gasteiger partial charge is 0.312 e. The molecule has 0 fully saturated rings. The van der Waals surface area contributed by atoms with Crippen molar-refractivity contribution in [2.45, 2.75) is 19.4 Å². The molecular formula is C10H12N2O3. The monoisotopic (exact) mass is 208 g/mol. The average Bonchev–Trinajstić information content (AvgIpc) is 2.17. The van der Waals surface area contributed by atoms with Crippen molar-refractivity contribution < 1.29 is 14.7 Å². The van der Waals surface area contributed by atoms with Crippen LogP contribution in [0.2, 0.25) is 0 Å². The lowest BCUT2D eigenvalue weighted by atomic mass is 10.1. The molecule has 80 valence electrons. The number of pyridine rings is 1. The van der Waals surface area contributed by atoms with Crippen LogP contribution < -0.4 is 5.32 Å². The molecule has 1 unspecified atom stereocenters. The molecule has 1 rings (SSSR count). The minimum atomic E-state index is -1.13. The summed E-state index contributed by atoms with van der Waals surface area (Å²) in [7, 11) is 0. The van der Waals surface area contributed by atoms with E-state index in [0.717, 1.165) is 5.56 Å². The van der Waals surface area contributed by atoms with Crippen LogP contribution in [0, 0.1) is 0 Å². The van der Waals surface area contributed by atoms with Crippen molar-refractivity contribution in [1.29, 1.82) is 0 Å². The topological polar surface area (TPSA) is 79.3 Å². The summed E-state index contributed by atoms with van der Waals surface area (Å²) in [5.41, 5.74) is 0.844. The highest BCUT2D eigenvalue weighted by molar-refractivity contribution is 5.93. The van der Waals surface area contributed by atoms with Crippen molar-refractivity contribution in [3.05, 3.63) is 30.1 Å². The number of carboxylic acids is 1. The molecule has 1 heterocycles. The molecule has 0 bridgehead atoms. The van der Waals surface area contributed by atoms with Gasteiger partial charge in [0.05, 0.1) is 6.04 Å². The molecule has 1 atom stereocenters. The highest BCUT2D eigenvalue weighted by atomic mass is 16.4. The van der Waals surface area contributed by atoms with E-state index in [0.29, 0.717) is 0 Å². The molecule has 1 aromatic rings. The van der Waals surface area contributed by atoms with E-state index in [9.17, 15) is 9.59 Å². The molecule has 5 nitrogen and oxygen atoms in total. The highest BCUT2D eigenvalue weighted by Gasteiger charge is 2.11. The fourth-order valence-corrected chi connectivity index (χ4v) is 1.15. The van der Waals surface area contributed by atoms with Gasteiger partial charge in [-0.2, -0.15) is 0 Å². The first-order chi connectivity index (χ1) is 7.09. The second kappa shape index (κ2) is 5.09. The Morgan fingerprint density at radius 1 is 1.60 bits per heavy atom. The van der Waals surface area contributed by atoms with Gasteiger partial charge in [-0.25, -0.2) is 0 Å². The standard InChI is InChI=1S/C10H12N2O3/c1-7(8-3-2-4-11-6-8)12-9(13)5-10(14)15/h2-4,6-7H,5H2,1H3,(H,12,13)(H,14,15). The van der Waals surface area contributed by atoms with E-state index < -0.39 is 18.3 Å². The quantitative estimate of drug-likeness (QED) is 0.715. The zero-order valence-electron chi connectivity index (χ0n) is 8.30. The van der Waals surface area contributed by atoms with E-state index in [1.807, 2.05) is 6.07 Å². The maximum Gasteiger partial charge on any atom is 0.312 e. The summed E-state index contributed by atoms with van der Waals surface area (Å²) in [4.78, 5) is 25.3. The van der Waals surface area contributed by atoms with E-state index in [1.54, 1.807) is 25.4 Å². The van der Waals surface area contributed by atoms with Crippen LogP contribution in [0.5, 0.6) is 0 Å². The van der Waals surface area contributed by atoms with Gasteiger partial charge in [-0.3, -0.25) is 14.6 Å². The Kier molecular flexibility index (Phi) is 3.79. The zero-order valence-corrected chi connectivity index (χ0v) is 8.30. The Balaban J connectivity index is 2.53. The van der Waals surface area contributed by atoms with Gasteiger partial charge in [-0.05, 0) is 18.6 Å². The number of nitrogens with one attached hydrogen (secondary N) is 1. The van der Waals surface area contributed by atoms with E-state index in [2.05, 4.69) is 10.3 Å². The molecule has 0 aliphatic heterocycles. The number of carbonyl (C=O) groups is 2. The molecule has 0 aliphatic carbocycles. The number of nitrogens with zero attached hydrogens (tertiary/aromatic N) is 1. The number of aliphatic carboxylic acids is 1. The summed E-state index contributed by atoms with van der Waals surface area (Å²) < 4.78 is 0. The van der Waals surface area contributed by atoms with Gasteiger partial charge in [-0.15, -0.1) is 0 Å². The molecule has 2 N–H and O–H groups in total. The number of rotatable bonds is 4. The van der Waals surface area contributed by atoms with Gasteiger partial charge < -0.3 is 10.4 Å². The minimum Gasteiger partial charge on any atom is -0.481 e. The lowest BCUT2D eigenvalue weighted by Gasteiger charge is -2.12. The third kappa shape index (κ3) is 3.76. The van der Waals surface area contributed by atoms with Crippen molar-refractivity contribution in [3.63, 3.8) is 0 Å². The fourth-order valence-electron chi connectivity index (χ4n) is 1.15. The summed E-state index contributed by atoms with van der Waals surface area (Å²) in [5.74, 6) is -1.63. The Bertz CT molecular complexity index is 351. The Labute approximate surface area is 87.1 Å². The Morgan fingerprint density at radius 2 is 2.33 bits per heavy atom. The first kappa shape index (κ1) is 11.2. The first-order valence-electron chi connectivity index (χ1n) is 4.50. The lowest BCUT2D eigenvalue weighted by Crippen LogP contribution is -2.28. The fraction of sp³-hybridized carbons (Fsp3) is 0.300. The maximum absolute atomic E-state index is 11.1. The highest BCUT2D eigenvalue weighted by Crippen LogP contribution is 2.09. The largest absolute Gasteiger partial charge is 0.481 e. The van der Waals surface area contributed by atoms with Crippen LogP contribution in [0.25, 0.3) is 0 Å². The van der Waals surface area contributed by atoms with E-state index in [-0.39, 0.29) is 6.04 Å². The van der Waals surface area contributed by atoms with Gasteiger partial charge >= 0.3 is 5.97 Å². The van der Waals surface area contributed by atoms with Crippen molar-refractivity contribution in [2.24, 2.45) is 0 Å². The third-order valence-corrected chi connectivity index (χ3v) is 1.87. The average molecular weight is 208 g/mol. The zero-order chi connectivity index (χ0) is 11.3. The number of aromatic nitrogens is 1. The lowest BCUT2D eigenvalue weighted by molar-refractivity contribution is -0.140. The second-order valence-corrected chi connectivity index (χ2v) is 3.15. The van der Waals surface area contributed by atoms with Crippen LogP contribution >= 0.6 is 0 Å². The summed E-state index contributed by atoms with van der Waals surface area (Å²) in [6, 6.07) is 3.35. The van der Waals surface area contributed by atoms with E-state index in [4.69, 9.17) is 5.11 Å². The molecule has 0 saturated heterocycles. The van der Waals surface area contributed by atoms with Crippen LogP contribution in [0.3, 0.4) is 0 Å². The van der Waals surface area contributed by atoms with E-state index in [1.165, 1.54) is 0 Å². The third-order valence-electron chi connectivity index (χ3n) is 1.87. The van der Waals surface area contributed by atoms with Gasteiger partial charge in [-0.1, -0.05) is 6.07 Å². The van der Waals surface area contributed by atoms with Gasteiger partial charge in [0.25, 0.3) is 0 Å².